The van der Waals surface area contributed by atoms with Crippen molar-refractivity contribution in [3.63, 3.8) is 0 Å². The molecular formula is C14H17N3. The van der Waals surface area contributed by atoms with Crippen LogP contribution in [0, 0.1) is 11.3 Å². The first-order valence-electron chi connectivity index (χ1n) is 6.32. The van der Waals surface area contributed by atoms with E-state index in [9.17, 15) is 0 Å². The molecule has 2 N–H and O–H groups in total. The van der Waals surface area contributed by atoms with Crippen molar-refractivity contribution in [1.82, 2.24) is 4.90 Å². The van der Waals surface area contributed by atoms with Crippen LogP contribution < -0.4 is 5.73 Å². The number of fused-ring (bicyclic) bond motifs is 2. The predicted molar refractivity (Wildman–Crippen MR) is 66.1 cm³/mol. The summed E-state index contributed by atoms with van der Waals surface area (Å²) in [4.78, 5) is 2.48. The van der Waals surface area contributed by atoms with Crippen LogP contribution in [-0.4, -0.2) is 17.5 Å². The van der Waals surface area contributed by atoms with E-state index in [1.807, 2.05) is 18.2 Å². The Morgan fingerprint density at radius 2 is 2.24 bits per heavy atom. The summed E-state index contributed by atoms with van der Waals surface area (Å²) in [6.07, 6.45) is 3.78. The number of piperidine rings is 1. The fraction of sp³-hybridized carbons (Fsp3) is 0.500. The van der Waals surface area contributed by atoms with Crippen LogP contribution in [0.1, 0.15) is 42.0 Å². The molecule has 17 heavy (non-hydrogen) atoms. The van der Waals surface area contributed by atoms with Crippen LogP contribution in [0.15, 0.2) is 18.2 Å². The Kier molecular flexibility index (Phi) is 2.62. The van der Waals surface area contributed by atoms with E-state index in [0.29, 0.717) is 6.04 Å². The van der Waals surface area contributed by atoms with Crippen LogP contribution in [0.5, 0.6) is 0 Å². The fourth-order valence-corrected chi connectivity index (χ4v) is 3.18. The minimum Gasteiger partial charge on any atom is -0.323 e. The summed E-state index contributed by atoms with van der Waals surface area (Å²) in [7, 11) is 0. The van der Waals surface area contributed by atoms with Crippen LogP contribution >= 0.6 is 0 Å². The lowest BCUT2D eigenvalue weighted by molar-refractivity contribution is 0.105. The number of hydrogen-bond acceptors (Lipinski definition) is 3. The Balaban J connectivity index is 2.00. The molecule has 0 bridgehead atoms. The largest absolute Gasteiger partial charge is 0.323 e. The molecule has 0 aromatic heterocycles. The third-order valence-electron chi connectivity index (χ3n) is 4.08. The molecular weight excluding hydrogens is 210 g/mol. The van der Waals surface area contributed by atoms with Crippen molar-refractivity contribution in [1.29, 1.82) is 5.26 Å². The summed E-state index contributed by atoms with van der Waals surface area (Å²) in [5, 5.41) is 8.94. The summed E-state index contributed by atoms with van der Waals surface area (Å²) in [6, 6.07) is 8.76. The number of nitrogens with two attached hydrogens (primary N) is 1. The summed E-state index contributed by atoms with van der Waals surface area (Å²) in [5.41, 5.74) is 9.60. The van der Waals surface area contributed by atoms with Crippen molar-refractivity contribution >= 4 is 0 Å². The molecule has 1 aromatic rings. The maximum Gasteiger partial charge on any atom is 0.0991 e. The highest BCUT2D eigenvalue weighted by Crippen LogP contribution is 2.35. The molecule has 1 saturated heterocycles. The molecule has 2 atom stereocenters. The van der Waals surface area contributed by atoms with Gasteiger partial charge in [0.05, 0.1) is 11.6 Å². The zero-order chi connectivity index (χ0) is 11.8. The number of nitrogens with zero attached hydrogens (tertiary/aromatic N) is 2. The van der Waals surface area contributed by atoms with Crippen molar-refractivity contribution in [2.45, 2.75) is 37.9 Å². The molecule has 0 spiro atoms. The van der Waals surface area contributed by atoms with Gasteiger partial charge in [0, 0.05) is 18.6 Å². The first-order chi connectivity index (χ1) is 8.29. The minimum absolute atomic E-state index is 0.117. The third-order valence-corrected chi connectivity index (χ3v) is 4.08. The zero-order valence-corrected chi connectivity index (χ0v) is 9.89. The van der Waals surface area contributed by atoms with E-state index in [-0.39, 0.29) is 6.04 Å². The molecule has 2 unspecified atom stereocenters. The number of benzene rings is 1. The summed E-state index contributed by atoms with van der Waals surface area (Å²) in [5.74, 6) is 0. The molecule has 2 aliphatic rings. The lowest BCUT2D eigenvalue weighted by Gasteiger charge is -2.43. The van der Waals surface area contributed by atoms with Crippen LogP contribution in [-0.2, 0) is 6.54 Å². The van der Waals surface area contributed by atoms with Gasteiger partial charge in [-0.05, 0) is 42.6 Å². The predicted octanol–water partition coefficient (Wildman–Crippen LogP) is 1.93. The smallest absolute Gasteiger partial charge is 0.0991 e. The van der Waals surface area contributed by atoms with Gasteiger partial charge in [-0.2, -0.15) is 5.26 Å². The minimum atomic E-state index is 0.117. The molecule has 88 valence electrons. The SMILES string of the molecule is N#Cc1ccc2c(c1)CN1CCCCC1C2N. The van der Waals surface area contributed by atoms with Gasteiger partial charge in [0.15, 0.2) is 0 Å². The number of nitriles is 1. The number of hydrogen-bond donors (Lipinski definition) is 1. The van der Waals surface area contributed by atoms with Gasteiger partial charge in [-0.3, -0.25) is 4.90 Å². The molecule has 0 aliphatic carbocycles. The Morgan fingerprint density at radius 3 is 3.06 bits per heavy atom. The molecule has 2 heterocycles. The lowest BCUT2D eigenvalue weighted by Crippen LogP contribution is -2.48. The maximum atomic E-state index is 8.94. The monoisotopic (exact) mass is 227 g/mol. The van der Waals surface area contributed by atoms with Crippen molar-refractivity contribution in [2.24, 2.45) is 5.73 Å². The molecule has 3 heteroatoms. The summed E-state index contributed by atoms with van der Waals surface area (Å²) < 4.78 is 0. The van der Waals surface area contributed by atoms with Gasteiger partial charge in [0.2, 0.25) is 0 Å². The molecule has 0 amide bonds. The van der Waals surface area contributed by atoms with Gasteiger partial charge in [0.25, 0.3) is 0 Å². The van der Waals surface area contributed by atoms with E-state index in [4.69, 9.17) is 11.0 Å². The van der Waals surface area contributed by atoms with Crippen molar-refractivity contribution < 1.29 is 0 Å². The van der Waals surface area contributed by atoms with Gasteiger partial charge >= 0.3 is 0 Å². The van der Waals surface area contributed by atoms with E-state index in [1.54, 1.807) is 0 Å². The van der Waals surface area contributed by atoms with E-state index < -0.39 is 0 Å². The average Bonchev–Trinajstić information content (AvgIpc) is 2.38. The second-order valence-corrected chi connectivity index (χ2v) is 5.08. The Morgan fingerprint density at radius 1 is 1.35 bits per heavy atom. The van der Waals surface area contributed by atoms with Crippen LogP contribution in [0.3, 0.4) is 0 Å². The quantitative estimate of drug-likeness (QED) is 0.736. The van der Waals surface area contributed by atoms with Gasteiger partial charge in [-0.25, -0.2) is 0 Å². The second kappa shape index (κ2) is 4.14. The Bertz CT molecular complexity index is 475. The van der Waals surface area contributed by atoms with Gasteiger partial charge in [0.1, 0.15) is 0 Å². The van der Waals surface area contributed by atoms with Crippen LogP contribution in [0.4, 0.5) is 0 Å². The highest BCUT2D eigenvalue weighted by Gasteiger charge is 2.34. The van der Waals surface area contributed by atoms with Crippen molar-refractivity contribution in [3.8, 4) is 6.07 Å². The van der Waals surface area contributed by atoms with Crippen molar-refractivity contribution in [2.75, 3.05) is 6.54 Å². The van der Waals surface area contributed by atoms with E-state index in [0.717, 1.165) is 18.7 Å². The fourth-order valence-electron chi connectivity index (χ4n) is 3.18. The molecule has 0 radical (unpaired) electrons. The zero-order valence-electron chi connectivity index (χ0n) is 9.89. The first kappa shape index (κ1) is 10.8. The first-order valence-corrected chi connectivity index (χ1v) is 6.32. The highest BCUT2D eigenvalue weighted by molar-refractivity contribution is 5.41. The normalized spacial score (nSPS) is 28.0. The second-order valence-electron chi connectivity index (χ2n) is 5.08. The molecule has 1 fully saturated rings. The topological polar surface area (TPSA) is 53.0 Å². The standard InChI is InChI=1S/C14H17N3/c15-8-10-4-5-12-11(7-10)9-17-6-2-1-3-13(17)14(12)16/h4-5,7,13-14H,1-3,6,9,16H2. The van der Waals surface area contributed by atoms with E-state index in [2.05, 4.69) is 11.0 Å². The highest BCUT2D eigenvalue weighted by atomic mass is 15.2. The van der Waals surface area contributed by atoms with Crippen LogP contribution in [0.25, 0.3) is 0 Å². The van der Waals surface area contributed by atoms with Gasteiger partial charge < -0.3 is 5.73 Å². The molecule has 3 nitrogen and oxygen atoms in total. The molecule has 0 saturated carbocycles. The molecule has 1 aromatic carbocycles. The average molecular weight is 227 g/mol. The molecule has 3 rings (SSSR count). The van der Waals surface area contributed by atoms with Gasteiger partial charge in [-0.1, -0.05) is 12.5 Å². The Hall–Kier alpha value is -1.37. The molecule has 2 aliphatic heterocycles. The summed E-state index contributed by atoms with van der Waals surface area (Å²) >= 11 is 0. The van der Waals surface area contributed by atoms with Gasteiger partial charge in [-0.15, -0.1) is 0 Å². The number of rotatable bonds is 0. The van der Waals surface area contributed by atoms with Crippen molar-refractivity contribution in [3.05, 3.63) is 34.9 Å². The van der Waals surface area contributed by atoms with E-state index >= 15 is 0 Å². The Labute approximate surface area is 102 Å². The van der Waals surface area contributed by atoms with E-state index in [1.165, 1.54) is 30.4 Å². The lowest BCUT2D eigenvalue weighted by atomic mass is 9.84. The summed E-state index contributed by atoms with van der Waals surface area (Å²) in [6.45, 7) is 2.11. The van der Waals surface area contributed by atoms with Crippen LogP contribution in [0.2, 0.25) is 0 Å². The third kappa shape index (κ3) is 1.74. The maximum absolute atomic E-state index is 8.94.